The summed E-state index contributed by atoms with van der Waals surface area (Å²) in [6, 6.07) is 4.75. The second-order valence-corrected chi connectivity index (χ2v) is 4.48. The molecular weight excluding hydrogens is 264 g/mol. The number of aromatic nitrogens is 1. The average molecular weight is 271 g/mol. The van der Waals surface area contributed by atoms with Crippen molar-refractivity contribution in [2.24, 2.45) is 0 Å². The zero-order valence-corrected chi connectivity index (χ0v) is 10.3. The monoisotopic (exact) mass is 270 g/mol. The van der Waals surface area contributed by atoms with E-state index in [-0.39, 0.29) is 15.6 Å². The van der Waals surface area contributed by atoms with Gasteiger partial charge in [0.1, 0.15) is 0 Å². The van der Waals surface area contributed by atoms with Gasteiger partial charge in [-0.3, -0.25) is 14.9 Å². The molecule has 7 heteroatoms. The van der Waals surface area contributed by atoms with E-state index in [2.05, 4.69) is 4.98 Å². The van der Waals surface area contributed by atoms with Gasteiger partial charge >= 0.3 is 0 Å². The SMILES string of the molecule is CSc1c([N+](=O)[O-])c2cccc(Cl)c2[nH]c1=O. The zero-order chi connectivity index (χ0) is 12.6. The molecule has 0 aliphatic rings. The molecule has 0 saturated carbocycles. The number of halogens is 1. The summed E-state index contributed by atoms with van der Waals surface area (Å²) in [5, 5.41) is 11.7. The molecule has 0 atom stereocenters. The van der Waals surface area contributed by atoms with Crippen molar-refractivity contribution >= 4 is 40.0 Å². The lowest BCUT2D eigenvalue weighted by molar-refractivity contribution is -0.386. The first kappa shape index (κ1) is 11.9. The number of rotatable bonds is 2. The summed E-state index contributed by atoms with van der Waals surface area (Å²) in [5.41, 5.74) is -0.396. The van der Waals surface area contributed by atoms with Crippen LogP contribution in [0.4, 0.5) is 5.69 Å². The van der Waals surface area contributed by atoms with Crippen molar-refractivity contribution in [1.29, 1.82) is 0 Å². The molecule has 2 aromatic rings. The van der Waals surface area contributed by atoms with Gasteiger partial charge in [0.25, 0.3) is 11.2 Å². The van der Waals surface area contributed by atoms with Crippen LogP contribution in [-0.2, 0) is 0 Å². The van der Waals surface area contributed by atoms with Crippen LogP contribution >= 0.6 is 23.4 Å². The Morgan fingerprint density at radius 1 is 1.47 bits per heavy atom. The van der Waals surface area contributed by atoms with E-state index in [0.29, 0.717) is 10.9 Å². The lowest BCUT2D eigenvalue weighted by atomic mass is 10.2. The Morgan fingerprint density at radius 2 is 2.18 bits per heavy atom. The maximum Gasteiger partial charge on any atom is 0.297 e. The summed E-state index contributed by atoms with van der Waals surface area (Å²) in [6.45, 7) is 0. The molecule has 0 aliphatic heterocycles. The van der Waals surface area contributed by atoms with E-state index in [0.717, 1.165) is 11.8 Å². The predicted octanol–water partition coefficient (Wildman–Crippen LogP) is 2.81. The molecule has 17 heavy (non-hydrogen) atoms. The number of fused-ring (bicyclic) bond motifs is 1. The van der Waals surface area contributed by atoms with Crippen LogP contribution in [0.15, 0.2) is 27.9 Å². The minimum Gasteiger partial charge on any atom is -0.319 e. The van der Waals surface area contributed by atoms with Crippen LogP contribution in [0.2, 0.25) is 5.02 Å². The van der Waals surface area contributed by atoms with E-state index >= 15 is 0 Å². The van der Waals surface area contributed by atoms with Crippen LogP contribution in [0.25, 0.3) is 10.9 Å². The third-order valence-corrected chi connectivity index (χ3v) is 3.42. The second-order valence-electron chi connectivity index (χ2n) is 3.26. The van der Waals surface area contributed by atoms with E-state index in [9.17, 15) is 14.9 Å². The van der Waals surface area contributed by atoms with Gasteiger partial charge in [0.2, 0.25) is 0 Å². The molecule has 5 nitrogen and oxygen atoms in total. The van der Waals surface area contributed by atoms with Gasteiger partial charge in [0.15, 0.2) is 4.90 Å². The minimum atomic E-state index is -0.556. The standard InChI is InChI=1S/C10H7ClN2O3S/c1-17-9-8(13(15)16)5-3-2-4-6(11)7(5)12-10(9)14/h2-4H,1H3,(H,12,14). The first-order valence-electron chi connectivity index (χ1n) is 4.59. The summed E-state index contributed by atoms with van der Waals surface area (Å²) in [7, 11) is 0. The van der Waals surface area contributed by atoms with E-state index in [1.807, 2.05) is 0 Å². The number of para-hydroxylation sites is 1. The van der Waals surface area contributed by atoms with Crippen LogP contribution in [0.1, 0.15) is 0 Å². The molecule has 0 saturated heterocycles. The number of H-pyrrole nitrogens is 1. The van der Waals surface area contributed by atoms with Crippen LogP contribution in [0, 0.1) is 10.1 Å². The number of hydrogen-bond acceptors (Lipinski definition) is 4. The Labute approximate surface area is 105 Å². The lowest BCUT2D eigenvalue weighted by Gasteiger charge is -2.04. The molecule has 0 fully saturated rings. The van der Waals surface area contributed by atoms with Gasteiger partial charge < -0.3 is 4.98 Å². The molecule has 0 spiro atoms. The highest BCUT2D eigenvalue weighted by molar-refractivity contribution is 7.98. The summed E-state index contributed by atoms with van der Waals surface area (Å²) in [5.74, 6) is 0. The third kappa shape index (κ3) is 1.89. The fraction of sp³-hybridized carbons (Fsp3) is 0.100. The molecular formula is C10H7ClN2O3S. The molecule has 88 valence electrons. The van der Waals surface area contributed by atoms with Gasteiger partial charge in [-0.1, -0.05) is 17.7 Å². The normalized spacial score (nSPS) is 10.7. The first-order chi connectivity index (χ1) is 8.06. The number of nitrogens with one attached hydrogen (secondary N) is 1. The highest BCUT2D eigenvalue weighted by Crippen LogP contribution is 2.33. The summed E-state index contributed by atoms with van der Waals surface area (Å²) in [4.78, 5) is 24.8. The molecule has 0 radical (unpaired) electrons. The lowest BCUT2D eigenvalue weighted by Crippen LogP contribution is -2.11. The molecule has 0 aliphatic carbocycles. The Bertz CT molecular complexity index is 668. The average Bonchev–Trinajstić information content (AvgIpc) is 2.28. The fourth-order valence-electron chi connectivity index (χ4n) is 1.62. The molecule has 0 bridgehead atoms. The van der Waals surface area contributed by atoms with E-state index in [1.165, 1.54) is 0 Å². The van der Waals surface area contributed by atoms with Crippen molar-refractivity contribution in [3.8, 4) is 0 Å². The number of hydrogen-bond donors (Lipinski definition) is 1. The van der Waals surface area contributed by atoms with Gasteiger partial charge in [-0.2, -0.15) is 0 Å². The van der Waals surface area contributed by atoms with E-state index < -0.39 is 10.5 Å². The minimum absolute atomic E-state index is 0.0877. The predicted molar refractivity (Wildman–Crippen MR) is 68.0 cm³/mol. The Hall–Kier alpha value is -1.53. The van der Waals surface area contributed by atoms with E-state index in [4.69, 9.17) is 11.6 Å². The Morgan fingerprint density at radius 3 is 2.76 bits per heavy atom. The van der Waals surface area contributed by atoms with Crippen molar-refractivity contribution < 1.29 is 4.92 Å². The quantitative estimate of drug-likeness (QED) is 0.517. The summed E-state index contributed by atoms with van der Waals surface area (Å²) < 4.78 is 0. The Kier molecular flexibility index (Phi) is 3.08. The van der Waals surface area contributed by atoms with Crippen LogP contribution < -0.4 is 5.56 Å². The topological polar surface area (TPSA) is 76.0 Å². The van der Waals surface area contributed by atoms with Gasteiger partial charge in [-0.15, -0.1) is 11.8 Å². The number of nitrogens with zero attached hydrogens (tertiary/aromatic N) is 1. The largest absolute Gasteiger partial charge is 0.319 e. The highest BCUT2D eigenvalue weighted by Gasteiger charge is 2.22. The van der Waals surface area contributed by atoms with Gasteiger partial charge in [0.05, 0.1) is 20.8 Å². The maximum atomic E-state index is 11.7. The van der Waals surface area contributed by atoms with Crippen molar-refractivity contribution in [3.05, 3.63) is 43.7 Å². The smallest absolute Gasteiger partial charge is 0.297 e. The molecule has 1 aromatic heterocycles. The molecule has 1 aromatic carbocycles. The number of nitro groups is 1. The molecule has 0 amide bonds. The van der Waals surface area contributed by atoms with Crippen LogP contribution in [0.3, 0.4) is 0 Å². The van der Waals surface area contributed by atoms with Crippen LogP contribution in [-0.4, -0.2) is 16.2 Å². The molecule has 0 unspecified atom stereocenters. The second kappa shape index (κ2) is 4.38. The molecule has 2 rings (SSSR count). The fourth-order valence-corrected chi connectivity index (χ4v) is 2.46. The maximum absolute atomic E-state index is 11.7. The molecule has 1 heterocycles. The third-order valence-electron chi connectivity index (χ3n) is 2.32. The number of thioether (sulfide) groups is 1. The first-order valence-corrected chi connectivity index (χ1v) is 6.19. The number of pyridine rings is 1. The number of benzene rings is 1. The molecule has 1 N–H and O–H groups in total. The van der Waals surface area contributed by atoms with Crippen molar-refractivity contribution in [3.63, 3.8) is 0 Å². The van der Waals surface area contributed by atoms with Gasteiger partial charge in [-0.25, -0.2) is 0 Å². The number of aromatic amines is 1. The van der Waals surface area contributed by atoms with Gasteiger partial charge in [-0.05, 0) is 18.4 Å². The Balaban J connectivity index is 3.04. The van der Waals surface area contributed by atoms with Gasteiger partial charge in [0, 0.05) is 0 Å². The van der Waals surface area contributed by atoms with Crippen molar-refractivity contribution in [2.75, 3.05) is 6.26 Å². The summed E-state index contributed by atoms with van der Waals surface area (Å²) >= 11 is 6.94. The van der Waals surface area contributed by atoms with E-state index in [1.54, 1.807) is 24.5 Å². The summed E-state index contributed by atoms with van der Waals surface area (Å²) in [6.07, 6.45) is 1.62. The highest BCUT2D eigenvalue weighted by atomic mass is 35.5. The van der Waals surface area contributed by atoms with Crippen molar-refractivity contribution in [1.82, 2.24) is 4.98 Å². The van der Waals surface area contributed by atoms with Crippen molar-refractivity contribution in [2.45, 2.75) is 4.90 Å². The zero-order valence-electron chi connectivity index (χ0n) is 8.69. The van der Waals surface area contributed by atoms with Crippen LogP contribution in [0.5, 0.6) is 0 Å².